The SMILES string of the molecule is C=C/C(O)=C(I)\C=C(/C)F. The first kappa shape index (κ1) is 9.68. The number of hydrogen-bond acceptors (Lipinski definition) is 1. The molecule has 0 aliphatic heterocycles. The molecule has 0 fully saturated rings. The van der Waals surface area contributed by atoms with Gasteiger partial charge in [0, 0.05) is 0 Å². The minimum atomic E-state index is -0.335. The summed E-state index contributed by atoms with van der Waals surface area (Å²) in [6, 6.07) is 0. The smallest absolute Gasteiger partial charge is 0.128 e. The van der Waals surface area contributed by atoms with Crippen LogP contribution in [0.5, 0.6) is 0 Å². The third-order valence-electron chi connectivity index (χ3n) is 0.764. The first-order chi connectivity index (χ1) is 4.57. The zero-order valence-corrected chi connectivity index (χ0v) is 7.72. The summed E-state index contributed by atoms with van der Waals surface area (Å²) in [5.41, 5.74) is 0. The van der Waals surface area contributed by atoms with Crippen LogP contribution < -0.4 is 0 Å². The normalized spacial score (nSPS) is 14.5. The minimum Gasteiger partial charge on any atom is -0.507 e. The largest absolute Gasteiger partial charge is 0.507 e. The highest BCUT2D eigenvalue weighted by Crippen LogP contribution is 2.15. The van der Waals surface area contributed by atoms with Gasteiger partial charge in [-0.25, -0.2) is 4.39 Å². The summed E-state index contributed by atoms with van der Waals surface area (Å²) in [6.45, 7) is 4.64. The highest BCUT2D eigenvalue weighted by atomic mass is 127. The fourth-order valence-electron chi connectivity index (χ4n) is 0.346. The van der Waals surface area contributed by atoms with Crippen LogP contribution in [0.25, 0.3) is 0 Å². The molecule has 0 amide bonds. The molecule has 0 rings (SSSR count). The molecule has 1 N–H and O–H groups in total. The van der Waals surface area contributed by atoms with Crippen molar-refractivity contribution in [2.24, 2.45) is 0 Å². The second kappa shape index (κ2) is 4.49. The van der Waals surface area contributed by atoms with E-state index in [-0.39, 0.29) is 11.6 Å². The standard InChI is InChI=1S/C7H8FIO/c1-3-7(10)6(9)4-5(2)8/h3-4,10H,1H2,2H3/b5-4+,7-6-. The number of halogens is 2. The number of allylic oxidation sites excluding steroid dienone is 4. The molecule has 3 heteroatoms. The number of aliphatic hydroxyl groups is 1. The van der Waals surface area contributed by atoms with Gasteiger partial charge in [0.05, 0.1) is 9.41 Å². The number of rotatable bonds is 2. The molecule has 0 radical (unpaired) electrons. The van der Waals surface area contributed by atoms with Gasteiger partial charge in [-0.1, -0.05) is 6.58 Å². The van der Waals surface area contributed by atoms with Gasteiger partial charge in [-0.05, 0) is 41.7 Å². The van der Waals surface area contributed by atoms with Crippen molar-refractivity contribution < 1.29 is 9.50 Å². The van der Waals surface area contributed by atoms with Crippen LogP contribution in [0.15, 0.2) is 33.9 Å². The van der Waals surface area contributed by atoms with Gasteiger partial charge in [-0.3, -0.25) is 0 Å². The van der Waals surface area contributed by atoms with Crippen molar-refractivity contribution >= 4 is 22.6 Å². The van der Waals surface area contributed by atoms with E-state index in [4.69, 9.17) is 5.11 Å². The maximum absolute atomic E-state index is 12.1. The van der Waals surface area contributed by atoms with E-state index in [1.165, 1.54) is 19.1 Å². The molecule has 0 aliphatic carbocycles. The summed E-state index contributed by atoms with van der Waals surface area (Å²) in [4.78, 5) is 0. The Morgan fingerprint density at radius 1 is 1.70 bits per heavy atom. The van der Waals surface area contributed by atoms with Crippen LogP contribution in [0.1, 0.15) is 6.92 Å². The van der Waals surface area contributed by atoms with Crippen LogP contribution in [-0.4, -0.2) is 5.11 Å². The van der Waals surface area contributed by atoms with Crippen LogP contribution in [-0.2, 0) is 0 Å². The lowest BCUT2D eigenvalue weighted by atomic mass is 10.4. The van der Waals surface area contributed by atoms with Gasteiger partial charge in [0.15, 0.2) is 0 Å². The molecule has 0 unspecified atom stereocenters. The molecule has 56 valence electrons. The monoisotopic (exact) mass is 254 g/mol. The molecule has 0 spiro atoms. The van der Waals surface area contributed by atoms with E-state index in [1.54, 1.807) is 0 Å². The molecule has 0 saturated heterocycles. The molecule has 0 aromatic heterocycles. The van der Waals surface area contributed by atoms with Crippen molar-refractivity contribution in [3.8, 4) is 0 Å². The Morgan fingerprint density at radius 3 is 2.50 bits per heavy atom. The van der Waals surface area contributed by atoms with Gasteiger partial charge < -0.3 is 5.11 Å². The van der Waals surface area contributed by atoms with Crippen molar-refractivity contribution in [3.63, 3.8) is 0 Å². The van der Waals surface area contributed by atoms with E-state index in [1.807, 2.05) is 22.6 Å². The molecule has 0 bridgehead atoms. The second-order valence-electron chi connectivity index (χ2n) is 1.67. The lowest BCUT2D eigenvalue weighted by molar-refractivity contribution is 0.432. The third-order valence-corrected chi connectivity index (χ3v) is 1.63. The van der Waals surface area contributed by atoms with Crippen LogP contribution >= 0.6 is 22.6 Å². The van der Waals surface area contributed by atoms with Gasteiger partial charge >= 0.3 is 0 Å². The van der Waals surface area contributed by atoms with Crippen LogP contribution in [0.4, 0.5) is 4.39 Å². The average molecular weight is 254 g/mol. The summed E-state index contributed by atoms with van der Waals surface area (Å²) in [7, 11) is 0. The molecular weight excluding hydrogens is 246 g/mol. The Hall–Kier alpha value is -0.320. The molecule has 0 saturated carbocycles. The van der Waals surface area contributed by atoms with Gasteiger partial charge in [0.2, 0.25) is 0 Å². The zero-order chi connectivity index (χ0) is 8.15. The first-order valence-corrected chi connectivity index (χ1v) is 3.70. The predicted octanol–water partition coefficient (Wildman–Crippen LogP) is 3.25. The topological polar surface area (TPSA) is 20.2 Å². The molecule has 0 heterocycles. The molecule has 0 aliphatic rings. The van der Waals surface area contributed by atoms with E-state index >= 15 is 0 Å². The van der Waals surface area contributed by atoms with Gasteiger partial charge in [-0.15, -0.1) is 0 Å². The van der Waals surface area contributed by atoms with Crippen molar-refractivity contribution in [1.29, 1.82) is 0 Å². The van der Waals surface area contributed by atoms with Crippen molar-refractivity contribution in [2.45, 2.75) is 6.92 Å². The summed E-state index contributed by atoms with van der Waals surface area (Å²) >= 11 is 1.82. The average Bonchev–Trinajstić information content (AvgIpc) is 1.85. The Labute approximate surface area is 73.1 Å². The lowest BCUT2D eigenvalue weighted by Gasteiger charge is -1.92. The fraction of sp³-hybridized carbons (Fsp3) is 0.143. The minimum absolute atomic E-state index is 0.00222. The molecule has 0 aromatic rings. The van der Waals surface area contributed by atoms with E-state index < -0.39 is 0 Å². The van der Waals surface area contributed by atoms with Gasteiger partial charge in [0.1, 0.15) is 5.76 Å². The van der Waals surface area contributed by atoms with Crippen molar-refractivity contribution in [1.82, 2.24) is 0 Å². The van der Waals surface area contributed by atoms with Gasteiger partial charge in [-0.2, -0.15) is 0 Å². The highest BCUT2D eigenvalue weighted by molar-refractivity contribution is 14.1. The Balaban J connectivity index is 4.48. The second-order valence-corrected chi connectivity index (χ2v) is 2.83. The highest BCUT2D eigenvalue weighted by Gasteiger charge is 1.93. The fourth-order valence-corrected chi connectivity index (χ4v) is 0.995. The number of aliphatic hydroxyl groups excluding tert-OH is 1. The number of hydrogen-bond donors (Lipinski definition) is 1. The van der Waals surface area contributed by atoms with Crippen molar-refractivity contribution in [2.75, 3.05) is 0 Å². The summed E-state index contributed by atoms with van der Waals surface area (Å²) < 4.78 is 12.6. The summed E-state index contributed by atoms with van der Waals surface area (Å²) in [5, 5.41) is 8.92. The van der Waals surface area contributed by atoms with E-state index in [2.05, 4.69) is 6.58 Å². The molecule has 0 aromatic carbocycles. The maximum atomic E-state index is 12.1. The molecule has 1 nitrogen and oxygen atoms in total. The van der Waals surface area contributed by atoms with Crippen molar-refractivity contribution in [3.05, 3.63) is 33.9 Å². The molecule has 10 heavy (non-hydrogen) atoms. The van der Waals surface area contributed by atoms with E-state index in [0.29, 0.717) is 3.58 Å². The molecular formula is C7H8FIO. The zero-order valence-electron chi connectivity index (χ0n) is 5.56. The summed E-state index contributed by atoms with van der Waals surface area (Å²) in [6.07, 6.45) is 2.50. The first-order valence-electron chi connectivity index (χ1n) is 2.63. The Bertz CT molecular complexity index is 190. The maximum Gasteiger partial charge on any atom is 0.128 e. The molecule has 0 atom stereocenters. The van der Waals surface area contributed by atoms with E-state index in [0.717, 1.165) is 0 Å². The quantitative estimate of drug-likeness (QED) is 0.455. The third kappa shape index (κ3) is 3.66. The predicted molar refractivity (Wildman–Crippen MR) is 48.7 cm³/mol. The van der Waals surface area contributed by atoms with Crippen LogP contribution in [0.2, 0.25) is 0 Å². The lowest BCUT2D eigenvalue weighted by Crippen LogP contribution is -1.75. The van der Waals surface area contributed by atoms with Gasteiger partial charge in [0.25, 0.3) is 0 Å². The van der Waals surface area contributed by atoms with Crippen LogP contribution in [0.3, 0.4) is 0 Å². The summed E-state index contributed by atoms with van der Waals surface area (Å²) in [5.74, 6) is -0.338. The Kier molecular flexibility index (Phi) is 4.34. The van der Waals surface area contributed by atoms with E-state index in [9.17, 15) is 4.39 Å². The van der Waals surface area contributed by atoms with Crippen LogP contribution in [0, 0.1) is 0 Å². The Morgan fingerprint density at radius 2 is 2.20 bits per heavy atom.